The van der Waals surface area contributed by atoms with Crippen LogP contribution in [0.5, 0.6) is 5.75 Å². The number of carbonyl (C=O) groups is 2. The first-order valence-electron chi connectivity index (χ1n) is 10.3. The third kappa shape index (κ3) is 5.29. The number of nitrogens with one attached hydrogen (secondary N) is 1. The average molecular weight is 496 g/mol. The molecule has 0 spiro atoms. The largest absolute Gasteiger partial charge is 0.496 e. The van der Waals surface area contributed by atoms with Crippen molar-refractivity contribution in [3.05, 3.63) is 65.5 Å². The number of ether oxygens (including phenoxy) is 2. The van der Waals surface area contributed by atoms with Gasteiger partial charge in [-0.15, -0.1) is 21.5 Å². The average Bonchev–Trinajstić information content (AvgIpc) is 3.51. The van der Waals surface area contributed by atoms with E-state index in [-0.39, 0.29) is 23.5 Å². The molecule has 0 atom stereocenters. The fourth-order valence-corrected chi connectivity index (χ4v) is 4.71. The van der Waals surface area contributed by atoms with E-state index in [9.17, 15) is 9.59 Å². The van der Waals surface area contributed by atoms with E-state index >= 15 is 0 Å². The minimum atomic E-state index is -0.482. The van der Waals surface area contributed by atoms with Gasteiger partial charge < -0.3 is 19.2 Å². The molecule has 0 fully saturated rings. The van der Waals surface area contributed by atoms with Crippen molar-refractivity contribution in [1.29, 1.82) is 0 Å². The van der Waals surface area contributed by atoms with Crippen LogP contribution in [-0.4, -0.2) is 41.5 Å². The summed E-state index contributed by atoms with van der Waals surface area (Å²) >= 11 is 2.37. The Bertz CT molecular complexity index is 1290. The van der Waals surface area contributed by atoms with Crippen LogP contribution in [0, 0.1) is 0 Å². The van der Waals surface area contributed by atoms with Crippen LogP contribution in [0.1, 0.15) is 17.3 Å². The van der Waals surface area contributed by atoms with Crippen molar-refractivity contribution in [3.8, 4) is 28.3 Å². The van der Waals surface area contributed by atoms with E-state index in [0.29, 0.717) is 33.3 Å². The van der Waals surface area contributed by atoms with Gasteiger partial charge in [0, 0.05) is 10.9 Å². The molecule has 0 bridgehead atoms. The van der Waals surface area contributed by atoms with Crippen LogP contribution in [0.3, 0.4) is 0 Å². The van der Waals surface area contributed by atoms with Crippen molar-refractivity contribution in [1.82, 2.24) is 10.2 Å². The highest BCUT2D eigenvalue weighted by Crippen LogP contribution is 2.36. The molecule has 1 N–H and O–H groups in total. The lowest BCUT2D eigenvalue weighted by Gasteiger charge is -2.08. The van der Waals surface area contributed by atoms with E-state index in [2.05, 4.69) is 15.5 Å². The van der Waals surface area contributed by atoms with Crippen LogP contribution in [0.25, 0.3) is 22.6 Å². The molecule has 0 aliphatic carbocycles. The lowest BCUT2D eigenvalue weighted by atomic mass is 10.0. The fraction of sp³-hybridized carbons (Fsp3) is 0.167. The van der Waals surface area contributed by atoms with Crippen LogP contribution >= 0.6 is 23.1 Å². The van der Waals surface area contributed by atoms with E-state index in [1.54, 1.807) is 20.1 Å². The second kappa shape index (κ2) is 11.0. The molecule has 4 rings (SSSR count). The predicted octanol–water partition coefficient (Wildman–Crippen LogP) is 5.38. The molecular formula is C24H21N3O5S2. The highest BCUT2D eigenvalue weighted by atomic mass is 32.2. The standard InChI is InChI=1S/C24H21N3O5S2/c1-3-31-23(29)20-17(15-9-5-4-6-10-15)13-33-22(20)25-19(28)14-34-24-27-26-21(32-24)16-11-7-8-12-18(16)30-2/h4-13H,3,14H2,1-2H3,(H,25,28). The number of para-hydroxylation sites is 1. The van der Waals surface area contributed by atoms with Crippen LogP contribution in [0.4, 0.5) is 5.00 Å². The Morgan fingerprint density at radius 1 is 1.06 bits per heavy atom. The zero-order valence-electron chi connectivity index (χ0n) is 18.4. The molecule has 8 nitrogen and oxygen atoms in total. The van der Waals surface area contributed by atoms with E-state index in [0.717, 1.165) is 17.3 Å². The number of aromatic nitrogens is 2. The number of methoxy groups -OCH3 is 1. The topological polar surface area (TPSA) is 104 Å². The first-order valence-corrected chi connectivity index (χ1v) is 12.2. The summed E-state index contributed by atoms with van der Waals surface area (Å²) in [6, 6.07) is 16.8. The molecule has 4 aromatic rings. The van der Waals surface area contributed by atoms with Crippen molar-refractivity contribution >= 4 is 40.0 Å². The van der Waals surface area contributed by atoms with Gasteiger partial charge in [0.2, 0.25) is 5.91 Å². The van der Waals surface area contributed by atoms with Crippen molar-refractivity contribution in [3.63, 3.8) is 0 Å². The Labute approximate surface area is 204 Å². The summed E-state index contributed by atoms with van der Waals surface area (Å²) in [6.07, 6.45) is 0. The quantitative estimate of drug-likeness (QED) is 0.244. The van der Waals surface area contributed by atoms with Gasteiger partial charge in [0.1, 0.15) is 16.3 Å². The maximum absolute atomic E-state index is 12.7. The molecule has 0 saturated carbocycles. The van der Waals surface area contributed by atoms with E-state index in [1.807, 2.05) is 53.9 Å². The first-order chi connectivity index (χ1) is 16.6. The van der Waals surface area contributed by atoms with Gasteiger partial charge in [-0.3, -0.25) is 4.79 Å². The van der Waals surface area contributed by atoms with Crippen LogP contribution < -0.4 is 10.1 Å². The van der Waals surface area contributed by atoms with Gasteiger partial charge >= 0.3 is 5.97 Å². The number of thioether (sulfide) groups is 1. The lowest BCUT2D eigenvalue weighted by molar-refractivity contribution is -0.113. The van der Waals surface area contributed by atoms with Crippen molar-refractivity contribution in [2.75, 3.05) is 24.8 Å². The third-order valence-electron chi connectivity index (χ3n) is 4.68. The molecule has 0 radical (unpaired) electrons. The minimum Gasteiger partial charge on any atom is -0.496 e. The molecule has 2 aromatic heterocycles. The summed E-state index contributed by atoms with van der Waals surface area (Å²) in [6.45, 7) is 1.98. The van der Waals surface area contributed by atoms with Gasteiger partial charge in [0.25, 0.3) is 11.1 Å². The highest BCUT2D eigenvalue weighted by molar-refractivity contribution is 7.99. The SMILES string of the molecule is CCOC(=O)c1c(-c2ccccc2)csc1NC(=O)CSc1nnc(-c2ccccc2OC)o1. The second-order valence-corrected chi connectivity index (χ2v) is 8.66. The van der Waals surface area contributed by atoms with Crippen LogP contribution in [-0.2, 0) is 9.53 Å². The summed E-state index contributed by atoms with van der Waals surface area (Å²) in [4.78, 5) is 25.3. The van der Waals surface area contributed by atoms with Gasteiger partial charge in [0.05, 0.1) is 25.0 Å². The number of anilines is 1. The number of nitrogens with zero attached hydrogens (tertiary/aromatic N) is 2. The molecule has 2 heterocycles. The Morgan fingerprint density at radius 3 is 2.59 bits per heavy atom. The maximum Gasteiger partial charge on any atom is 0.341 e. The van der Waals surface area contributed by atoms with E-state index in [4.69, 9.17) is 13.9 Å². The van der Waals surface area contributed by atoms with Crippen molar-refractivity contribution in [2.45, 2.75) is 12.1 Å². The van der Waals surface area contributed by atoms with E-state index in [1.165, 1.54) is 11.3 Å². The van der Waals surface area contributed by atoms with Crippen molar-refractivity contribution in [2.24, 2.45) is 0 Å². The Kier molecular flexibility index (Phi) is 7.61. The fourth-order valence-electron chi connectivity index (χ4n) is 3.17. The van der Waals surface area contributed by atoms with Gasteiger partial charge in [-0.05, 0) is 24.6 Å². The zero-order valence-corrected chi connectivity index (χ0v) is 20.1. The van der Waals surface area contributed by atoms with Gasteiger partial charge in [-0.2, -0.15) is 0 Å². The molecule has 174 valence electrons. The number of rotatable bonds is 9. The number of esters is 1. The number of hydrogen-bond donors (Lipinski definition) is 1. The first kappa shape index (κ1) is 23.5. The van der Waals surface area contributed by atoms with Gasteiger partial charge in [-0.25, -0.2) is 4.79 Å². The molecule has 34 heavy (non-hydrogen) atoms. The number of carbonyl (C=O) groups excluding carboxylic acids is 2. The number of amides is 1. The normalized spacial score (nSPS) is 10.6. The minimum absolute atomic E-state index is 0.0222. The molecule has 0 aliphatic rings. The molecule has 0 aliphatic heterocycles. The molecule has 2 aromatic carbocycles. The zero-order chi connectivity index (χ0) is 23.9. The molecule has 1 amide bonds. The van der Waals surface area contributed by atoms with Crippen molar-refractivity contribution < 1.29 is 23.5 Å². The Hall–Kier alpha value is -3.63. The molecule has 10 heteroatoms. The molecular weight excluding hydrogens is 474 g/mol. The molecule has 0 saturated heterocycles. The van der Waals surface area contributed by atoms with Crippen LogP contribution in [0.2, 0.25) is 0 Å². The second-order valence-electron chi connectivity index (χ2n) is 6.85. The maximum atomic E-state index is 12.7. The van der Waals surface area contributed by atoms with Gasteiger partial charge in [0.15, 0.2) is 0 Å². The third-order valence-corrected chi connectivity index (χ3v) is 6.39. The Morgan fingerprint density at radius 2 is 1.82 bits per heavy atom. The number of hydrogen-bond acceptors (Lipinski definition) is 9. The smallest absolute Gasteiger partial charge is 0.341 e. The monoisotopic (exact) mass is 495 g/mol. The Balaban J connectivity index is 1.46. The molecule has 0 unspecified atom stereocenters. The van der Waals surface area contributed by atoms with Gasteiger partial charge in [-0.1, -0.05) is 54.2 Å². The number of benzene rings is 2. The lowest BCUT2D eigenvalue weighted by Crippen LogP contribution is -2.16. The number of thiophene rings is 1. The summed E-state index contributed by atoms with van der Waals surface area (Å²) in [5.41, 5.74) is 2.59. The van der Waals surface area contributed by atoms with E-state index < -0.39 is 5.97 Å². The summed E-state index contributed by atoms with van der Waals surface area (Å²) < 4.78 is 16.2. The predicted molar refractivity (Wildman–Crippen MR) is 131 cm³/mol. The highest BCUT2D eigenvalue weighted by Gasteiger charge is 2.23. The summed E-state index contributed by atoms with van der Waals surface area (Å²) in [7, 11) is 1.56. The summed E-state index contributed by atoms with van der Waals surface area (Å²) in [5.74, 6) is 0.140. The summed E-state index contributed by atoms with van der Waals surface area (Å²) in [5, 5.41) is 13.4. The van der Waals surface area contributed by atoms with Crippen LogP contribution in [0.15, 0.2) is 69.6 Å².